The van der Waals surface area contributed by atoms with Crippen LogP contribution in [-0.2, 0) is 8.92 Å². The molecule has 1 unspecified atom stereocenters. The minimum absolute atomic E-state index is 0.0386. The van der Waals surface area contributed by atoms with Gasteiger partial charge in [-0.2, -0.15) is 0 Å². The second-order valence-corrected chi connectivity index (χ2v) is 1.76. The predicted molar refractivity (Wildman–Crippen MR) is 29.0 cm³/mol. The third kappa shape index (κ3) is 1.33. The van der Waals surface area contributed by atoms with E-state index in [4.69, 9.17) is 4.74 Å². The molecular formula is C4H8O2S. The second kappa shape index (κ2) is 2.55. The van der Waals surface area contributed by atoms with E-state index in [1.54, 1.807) is 0 Å². The molecule has 1 aliphatic rings. The molecule has 3 heteroatoms. The topological polar surface area (TPSA) is 18.5 Å². The van der Waals surface area contributed by atoms with Crippen molar-refractivity contribution in [1.29, 1.82) is 0 Å². The Morgan fingerprint density at radius 1 is 1.71 bits per heavy atom. The van der Waals surface area contributed by atoms with Crippen molar-refractivity contribution in [3.8, 4) is 0 Å². The molecule has 1 fully saturated rings. The van der Waals surface area contributed by atoms with Crippen LogP contribution in [0.5, 0.6) is 0 Å². The van der Waals surface area contributed by atoms with Crippen molar-refractivity contribution in [1.82, 2.24) is 0 Å². The molecule has 0 bridgehead atoms. The Labute approximate surface area is 48.4 Å². The van der Waals surface area contributed by atoms with Crippen LogP contribution < -0.4 is 0 Å². The van der Waals surface area contributed by atoms with E-state index >= 15 is 0 Å². The normalized spacial score (nSPS) is 31.3. The lowest BCUT2D eigenvalue weighted by Gasteiger charge is -2.01. The van der Waals surface area contributed by atoms with Crippen molar-refractivity contribution < 1.29 is 8.92 Å². The zero-order valence-corrected chi connectivity index (χ0v) is 4.86. The Kier molecular flexibility index (Phi) is 1.97. The fraction of sp³-hybridized carbons (Fsp3) is 1.00. The summed E-state index contributed by atoms with van der Waals surface area (Å²) in [7, 11) is 0. The number of rotatable bonds is 1. The van der Waals surface area contributed by atoms with E-state index in [1.807, 2.05) is 0 Å². The summed E-state index contributed by atoms with van der Waals surface area (Å²) in [6.07, 6.45) is 2.05. The maximum atomic E-state index is 5.00. The summed E-state index contributed by atoms with van der Waals surface area (Å²) in [5, 5.41) is 0. The molecule has 1 atom stereocenters. The van der Waals surface area contributed by atoms with Gasteiger partial charge in [0, 0.05) is 13.0 Å². The average Bonchev–Trinajstić information content (AvgIpc) is 2.14. The van der Waals surface area contributed by atoms with Crippen LogP contribution in [0.15, 0.2) is 0 Å². The number of thiol groups is 1. The third-order valence-electron chi connectivity index (χ3n) is 1.01. The van der Waals surface area contributed by atoms with Crippen LogP contribution in [-0.4, -0.2) is 12.9 Å². The molecule has 0 N–H and O–H groups in total. The Balaban J connectivity index is 2.14. The first-order valence-corrected chi connectivity index (χ1v) is 2.72. The third-order valence-corrected chi connectivity index (χ3v) is 1.24. The van der Waals surface area contributed by atoms with Gasteiger partial charge in [0.25, 0.3) is 0 Å². The zero-order chi connectivity index (χ0) is 5.11. The maximum Gasteiger partial charge on any atom is 0.170 e. The van der Waals surface area contributed by atoms with Crippen LogP contribution in [0.4, 0.5) is 0 Å². The van der Waals surface area contributed by atoms with Gasteiger partial charge in [0.15, 0.2) is 6.29 Å². The molecule has 0 aromatic rings. The highest BCUT2D eigenvalue weighted by molar-refractivity contribution is 7.75. The van der Waals surface area contributed by atoms with Crippen LogP contribution in [0.3, 0.4) is 0 Å². The first kappa shape index (κ1) is 5.41. The smallest absolute Gasteiger partial charge is 0.170 e. The van der Waals surface area contributed by atoms with Crippen LogP contribution in [0.1, 0.15) is 12.8 Å². The SMILES string of the molecule is SOC1CCCO1. The van der Waals surface area contributed by atoms with Gasteiger partial charge in [-0.25, -0.2) is 0 Å². The molecule has 0 aromatic carbocycles. The number of hydrogen-bond donors (Lipinski definition) is 1. The van der Waals surface area contributed by atoms with Gasteiger partial charge < -0.3 is 4.74 Å². The molecule has 2 nitrogen and oxygen atoms in total. The highest BCUT2D eigenvalue weighted by Gasteiger charge is 2.13. The van der Waals surface area contributed by atoms with Crippen molar-refractivity contribution >= 4 is 12.9 Å². The van der Waals surface area contributed by atoms with E-state index in [1.165, 1.54) is 0 Å². The summed E-state index contributed by atoms with van der Waals surface area (Å²) in [6.45, 7) is 0.825. The fourth-order valence-electron chi connectivity index (χ4n) is 0.631. The molecule has 0 aliphatic carbocycles. The first-order valence-electron chi connectivity index (χ1n) is 2.35. The number of ether oxygens (including phenoxy) is 1. The lowest BCUT2D eigenvalue weighted by molar-refractivity contribution is -0.0238. The Morgan fingerprint density at radius 3 is 2.86 bits per heavy atom. The quantitative estimate of drug-likeness (QED) is 0.411. The molecular weight excluding hydrogens is 112 g/mol. The Morgan fingerprint density at radius 2 is 2.57 bits per heavy atom. The zero-order valence-electron chi connectivity index (χ0n) is 3.96. The molecule has 42 valence electrons. The lowest BCUT2D eigenvalue weighted by atomic mass is 10.4. The molecule has 1 saturated heterocycles. The summed E-state index contributed by atoms with van der Waals surface area (Å²) in [5.74, 6) is 0. The van der Waals surface area contributed by atoms with Crippen molar-refractivity contribution in [2.45, 2.75) is 19.1 Å². The van der Waals surface area contributed by atoms with Gasteiger partial charge >= 0.3 is 0 Å². The summed E-state index contributed by atoms with van der Waals surface area (Å²) < 4.78 is 9.59. The summed E-state index contributed by atoms with van der Waals surface area (Å²) >= 11 is 3.59. The van der Waals surface area contributed by atoms with Crippen LogP contribution in [0, 0.1) is 0 Å². The van der Waals surface area contributed by atoms with Gasteiger partial charge in [-0.3, -0.25) is 4.18 Å². The van der Waals surface area contributed by atoms with E-state index in [-0.39, 0.29) is 6.29 Å². The molecule has 1 heterocycles. The monoisotopic (exact) mass is 120 g/mol. The molecule has 0 amide bonds. The first-order chi connectivity index (χ1) is 3.43. The van der Waals surface area contributed by atoms with Gasteiger partial charge in [0.1, 0.15) is 0 Å². The van der Waals surface area contributed by atoms with E-state index in [0.29, 0.717) is 0 Å². The van der Waals surface area contributed by atoms with Crippen molar-refractivity contribution in [2.24, 2.45) is 0 Å². The Bertz CT molecular complexity index is 51.7. The van der Waals surface area contributed by atoms with Crippen molar-refractivity contribution in [3.63, 3.8) is 0 Å². The van der Waals surface area contributed by atoms with Crippen molar-refractivity contribution in [2.75, 3.05) is 6.61 Å². The molecule has 0 aromatic heterocycles. The molecule has 1 aliphatic heterocycles. The maximum absolute atomic E-state index is 5.00. The summed E-state index contributed by atoms with van der Waals surface area (Å²) in [6, 6.07) is 0. The van der Waals surface area contributed by atoms with Crippen LogP contribution in [0.25, 0.3) is 0 Å². The average molecular weight is 120 g/mol. The molecule has 0 radical (unpaired) electrons. The number of hydrogen-bond acceptors (Lipinski definition) is 3. The van der Waals surface area contributed by atoms with Gasteiger partial charge in [-0.15, -0.1) is 0 Å². The highest BCUT2D eigenvalue weighted by atomic mass is 32.1. The summed E-state index contributed by atoms with van der Waals surface area (Å²) in [5.41, 5.74) is 0. The molecule has 7 heavy (non-hydrogen) atoms. The van der Waals surface area contributed by atoms with Crippen LogP contribution in [0.2, 0.25) is 0 Å². The van der Waals surface area contributed by atoms with Gasteiger partial charge in [0.05, 0.1) is 0 Å². The lowest BCUT2D eigenvalue weighted by Crippen LogP contribution is -2.02. The highest BCUT2D eigenvalue weighted by Crippen LogP contribution is 2.13. The fourth-order valence-corrected chi connectivity index (χ4v) is 0.798. The van der Waals surface area contributed by atoms with Gasteiger partial charge in [-0.05, 0) is 19.3 Å². The minimum atomic E-state index is -0.0386. The van der Waals surface area contributed by atoms with E-state index in [0.717, 1.165) is 19.4 Å². The van der Waals surface area contributed by atoms with E-state index < -0.39 is 0 Å². The van der Waals surface area contributed by atoms with E-state index in [2.05, 4.69) is 17.1 Å². The predicted octanol–water partition coefficient (Wildman–Crippen LogP) is 0.984. The Hall–Kier alpha value is 0.270. The molecule has 0 saturated carbocycles. The van der Waals surface area contributed by atoms with Gasteiger partial charge in [-0.1, -0.05) is 0 Å². The summed E-state index contributed by atoms with van der Waals surface area (Å²) in [4.78, 5) is 0. The van der Waals surface area contributed by atoms with Crippen LogP contribution >= 0.6 is 12.9 Å². The minimum Gasteiger partial charge on any atom is -0.352 e. The molecule has 1 rings (SSSR count). The largest absolute Gasteiger partial charge is 0.352 e. The molecule has 0 spiro atoms. The van der Waals surface area contributed by atoms with Crippen molar-refractivity contribution in [3.05, 3.63) is 0 Å². The van der Waals surface area contributed by atoms with Gasteiger partial charge in [0.2, 0.25) is 0 Å². The standard InChI is InChI=1S/C4H8O2S/c7-6-4-2-1-3-5-4/h4,7H,1-3H2. The second-order valence-electron chi connectivity index (χ2n) is 1.55. The van der Waals surface area contributed by atoms with E-state index in [9.17, 15) is 0 Å².